The SMILES string of the molecule is CCCCC#CC1(C(C)(C)O)CCCCC1C. The minimum absolute atomic E-state index is 0.182. The second kappa shape index (κ2) is 5.91. The fraction of sp³-hybridized carbons (Fsp3) is 0.875. The van der Waals surface area contributed by atoms with Crippen molar-refractivity contribution < 1.29 is 5.11 Å². The molecule has 1 heteroatoms. The number of aliphatic hydroxyl groups is 1. The summed E-state index contributed by atoms with van der Waals surface area (Å²) in [5, 5.41) is 10.5. The Bertz CT molecular complexity index is 289. The first-order chi connectivity index (χ1) is 7.94. The normalized spacial score (nSPS) is 29.6. The summed E-state index contributed by atoms with van der Waals surface area (Å²) in [6.45, 7) is 8.31. The highest BCUT2D eigenvalue weighted by molar-refractivity contribution is 5.20. The van der Waals surface area contributed by atoms with Gasteiger partial charge in [0.05, 0.1) is 11.0 Å². The Morgan fingerprint density at radius 3 is 2.59 bits per heavy atom. The van der Waals surface area contributed by atoms with Gasteiger partial charge in [0, 0.05) is 6.42 Å². The third-order valence-electron chi connectivity index (χ3n) is 4.36. The average molecular weight is 236 g/mol. The summed E-state index contributed by atoms with van der Waals surface area (Å²) in [6.07, 6.45) is 8.08. The van der Waals surface area contributed by atoms with Crippen LogP contribution in [0.15, 0.2) is 0 Å². The maximum absolute atomic E-state index is 10.5. The largest absolute Gasteiger partial charge is 0.389 e. The van der Waals surface area contributed by atoms with Gasteiger partial charge >= 0.3 is 0 Å². The molecule has 1 saturated carbocycles. The first kappa shape index (κ1) is 14.6. The van der Waals surface area contributed by atoms with E-state index in [0.717, 1.165) is 12.8 Å². The molecule has 1 aliphatic carbocycles. The van der Waals surface area contributed by atoms with E-state index >= 15 is 0 Å². The molecule has 0 heterocycles. The van der Waals surface area contributed by atoms with Gasteiger partial charge in [0.2, 0.25) is 0 Å². The van der Waals surface area contributed by atoms with Gasteiger partial charge in [-0.3, -0.25) is 0 Å². The van der Waals surface area contributed by atoms with Crippen LogP contribution in [0.3, 0.4) is 0 Å². The molecule has 1 N–H and O–H groups in total. The molecule has 0 saturated heterocycles. The Hall–Kier alpha value is -0.480. The molecule has 1 aliphatic rings. The Morgan fingerprint density at radius 2 is 2.06 bits per heavy atom. The zero-order valence-corrected chi connectivity index (χ0v) is 12.0. The van der Waals surface area contributed by atoms with Crippen LogP contribution in [0.25, 0.3) is 0 Å². The van der Waals surface area contributed by atoms with E-state index in [2.05, 4.69) is 25.7 Å². The number of hydrogen-bond acceptors (Lipinski definition) is 1. The zero-order chi connectivity index (χ0) is 12.9. The summed E-state index contributed by atoms with van der Waals surface area (Å²) in [5.41, 5.74) is -0.870. The van der Waals surface area contributed by atoms with Crippen LogP contribution in [0, 0.1) is 23.2 Å². The topological polar surface area (TPSA) is 20.2 Å². The Morgan fingerprint density at radius 1 is 1.35 bits per heavy atom. The van der Waals surface area contributed by atoms with Crippen molar-refractivity contribution in [3.05, 3.63) is 0 Å². The predicted molar refractivity (Wildman–Crippen MR) is 73.7 cm³/mol. The highest BCUT2D eigenvalue weighted by atomic mass is 16.3. The Kier molecular flexibility index (Phi) is 5.07. The summed E-state index contributed by atoms with van der Waals surface area (Å²) in [5.74, 6) is 7.29. The lowest BCUT2D eigenvalue weighted by molar-refractivity contribution is -0.0681. The molecule has 0 aliphatic heterocycles. The van der Waals surface area contributed by atoms with Gasteiger partial charge < -0.3 is 5.11 Å². The number of hydrogen-bond donors (Lipinski definition) is 1. The zero-order valence-electron chi connectivity index (χ0n) is 12.0. The Balaban J connectivity index is 2.88. The molecule has 0 radical (unpaired) electrons. The average Bonchev–Trinajstić information content (AvgIpc) is 2.25. The molecule has 0 amide bonds. The van der Waals surface area contributed by atoms with Crippen LogP contribution in [0.5, 0.6) is 0 Å². The van der Waals surface area contributed by atoms with Gasteiger partial charge in [0.15, 0.2) is 0 Å². The van der Waals surface area contributed by atoms with Crippen molar-refractivity contribution in [3.8, 4) is 11.8 Å². The molecule has 0 bridgehead atoms. The van der Waals surface area contributed by atoms with Gasteiger partial charge in [0.25, 0.3) is 0 Å². The van der Waals surface area contributed by atoms with Crippen molar-refractivity contribution in [2.75, 3.05) is 0 Å². The molecule has 1 fully saturated rings. The van der Waals surface area contributed by atoms with E-state index in [1.165, 1.54) is 32.1 Å². The summed E-state index contributed by atoms with van der Waals surface area (Å²) in [6, 6.07) is 0. The lowest BCUT2D eigenvalue weighted by Crippen LogP contribution is -2.48. The quantitative estimate of drug-likeness (QED) is 0.576. The summed E-state index contributed by atoms with van der Waals surface area (Å²) < 4.78 is 0. The third-order valence-corrected chi connectivity index (χ3v) is 4.36. The lowest BCUT2D eigenvalue weighted by Gasteiger charge is -2.47. The summed E-state index contributed by atoms with van der Waals surface area (Å²) in [7, 11) is 0. The molecule has 2 unspecified atom stereocenters. The second-order valence-corrected chi connectivity index (χ2v) is 6.08. The standard InChI is InChI=1S/C16H28O/c1-5-6-7-9-12-16(15(3,4)17)13-10-8-11-14(16)2/h14,17H,5-8,10-11,13H2,1-4H3. The van der Waals surface area contributed by atoms with E-state index < -0.39 is 5.60 Å². The van der Waals surface area contributed by atoms with E-state index in [1.807, 2.05) is 13.8 Å². The molecule has 1 rings (SSSR count). The second-order valence-electron chi connectivity index (χ2n) is 6.08. The first-order valence-electron chi connectivity index (χ1n) is 7.16. The fourth-order valence-corrected chi connectivity index (χ4v) is 3.08. The van der Waals surface area contributed by atoms with Crippen LogP contribution in [-0.2, 0) is 0 Å². The highest BCUT2D eigenvalue weighted by Crippen LogP contribution is 2.48. The van der Waals surface area contributed by atoms with Crippen molar-refractivity contribution >= 4 is 0 Å². The molecule has 0 spiro atoms. The minimum Gasteiger partial charge on any atom is -0.389 e. The molecule has 98 valence electrons. The highest BCUT2D eigenvalue weighted by Gasteiger charge is 2.47. The molecular weight excluding hydrogens is 208 g/mol. The van der Waals surface area contributed by atoms with Crippen molar-refractivity contribution in [3.63, 3.8) is 0 Å². The molecule has 17 heavy (non-hydrogen) atoms. The first-order valence-corrected chi connectivity index (χ1v) is 7.16. The third kappa shape index (κ3) is 3.26. The van der Waals surface area contributed by atoms with Crippen molar-refractivity contribution in [2.24, 2.45) is 11.3 Å². The van der Waals surface area contributed by atoms with Crippen LogP contribution < -0.4 is 0 Å². The van der Waals surface area contributed by atoms with Gasteiger partial charge in [-0.1, -0.05) is 39.0 Å². The predicted octanol–water partition coefficient (Wildman–Crippen LogP) is 4.15. The molecule has 0 aromatic rings. The van der Waals surface area contributed by atoms with Crippen LogP contribution in [0.1, 0.15) is 72.6 Å². The van der Waals surface area contributed by atoms with Crippen molar-refractivity contribution in [2.45, 2.75) is 78.2 Å². The monoisotopic (exact) mass is 236 g/mol. The van der Waals surface area contributed by atoms with Crippen LogP contribution in [-0.4, -0.2) is 10.7 Å². The van der Waals surface area contributed by atoms with Crippen LogP contribution in [0.4, 0.5) is 0 Å². The lowest BCUT2D eigenvalue weighted by atomic mass is 9.59. The number of unbranched alkanes of at least 4 members (excludes halogenated alkanes) is 2. The molecule has 0 aromatic carbocycles. The van der Waals surface area contributed by atoms with E-state index in [0.29, 0.717) is 5.92 Å². The van der Waals surface area contributed by atoms with Gasteiger partial charge in [-0.15, -0.1) is 5.92 Å². The Labute approximate surface area is 107 Å². The van der Waals surface area contributed by atoms with Crippen LogP contribution >= 0.6 is 0 Å². The molecule has 2 atom stereocenters. The van der Waals surface area contributed by atoms with Gasteiger partial charge in [-0.25, -0.2) is 0 Å². The van der Waals surface area contributed by atoms with Gasteiger partial charge in [-0.2, -0.15) is 0 Å². The van der Waals surface area contributed by atoms with Crippen LogP contribution in [0.2, 0.25) is 0 Å². The summed E-state index contributed by atoms with van der Waals surface area (Å²) >= 11 is 0. The van der Waals surface area contributed by atoms with Crippen molar-refractivity contribution in [1.82, 2.24) is 0 Å². The number of rotatable bonds is 3. The van der Waals surface area contributed by atoms with E-state index in [1.54, 1.807) is 0 Å². The van der Waals surface area contributed by atoms with Gasteiger partial charge in [-0.05, 0) is 39.0 Å². The molecule has 1 nitrogen and oxygen atoms in total. The summed E-state index contributed by atoms with van der Waals surface area (Å²) in [4.78, 5) is 0. The van der Waals surface area contributed by atoms with E-state index in [4.69, 9.17) is 0 Å². The van der Waals surface area contributed by atoms with E-state index in [-0.39, 0.29) is 5.41 Å². The minimum atomic E-state index is -0.688. The molecular formula is C16H28O. The van der Waals surface area contributed by atoms with Gasteiger partial charge in [0.1, 0.15) is 0 Å². The fourth-order valence-electron chi connectivity index (χ4n) is 3.08. The van der Waals surface area contributed by atoms with E-state index in [9.17, 15) is 5.11 Å². The van der Waals surface area contributed by atoms with Crippen molar-refractivity contribution in [1.29, 1.82) is 0 Å². The molecule has 0 aromatic heterocycles. The smallest absolute Gasteiger partial charge is 0.0759 e. The maximum Gasteiger partial charge on any atom is 0.0759 e. The maximum atomic E-state index is 10.5.